The van der Waals surface area contributed by atoms with E-state index in [4.69, 9.17) is 0 Å². The van der Waals surface area contributed by atoms with Crippen LogP contribution in [0.1, 0.15) is 17.5 Å². The Morgan fingerprint density at radius 1 is 1.23 bits per heavy atom. The predicted molar refractivity (Wildman–Crippen MR) is 84.3 cm³/mol. The van der Waals surface area contributed by atoms with Crippen LogP contribution in [0.25, 0.3) is 5.69 Å². The third-order valence-electron chi connectivity index (χ3n) is 3.67. The van der Waals surface area contributed by atoms with Gasteiger partial charge in [-0.15, -0.1) is 0 Å². The van der Waals surface area contributed by atoms with Gasteiger partial charge in [-0.25, -0.2) is 0 Å². The Labute approximate surface area is 131 Å². The third kappa shape index (κ3) is 3.54. The van der Waals surface area contributed by atoms with Crippen molar-refractivity contribution in [2.45, 2.75) is 26.8 Å². The lowest BCUT2D eigenvalue weighted by Crippen LogP contribution is -2.36. The first kappa shape index (κ1) is 16.2. The van der Waals surface area contributed by atoms with Crippen LogP contribution in [0, 0.1) is 13.8 Å². The van der Waals surface area contributed by atoms with Crippen LogP contribution in [-0.2, 0) is 6.54 Å². The van der Waals surface area contributed by atoms with Crippen molar-refractivity contribution in [3.63, 3.8) is 0 Å². The van der Waals surface area contributed by atoms with Gasteiger partial charge in [-0.2, -0.15) is 4.57 Å². The van der Waals surface area contributed by atoms with Gasteiger partial charge in [0.05, 0.1) is 0 Å². The van der Waals surface area contributed by atoms with E-state index in [0.717, 1.165) is 18.5 Å². The van der Waals surface area contributed by atoms with Crippen LogP contribution in [0.4, 0.5) is 0 Å². The molecule has 2 aromatic rings. The molecule has 0 aromatic carbocycles. The van der Waals surface area contributed by atoms with E-state index in [9.17, 15) is 9.90 Å². The lowest BCUT2D eigenvalue weighted by Gasteiger charge is -2.19. The summed E-state index contributed by atoms with van der Waals surface area (Å²) < 4.78 is 3.12. The fourth-order valence-electron chi connectivity index (χ4n) is 2.45. The molecule has 0 radical (unpaired) electrons. The van der Waals surface area contributed by atoms with Gasteiger partial charge < -0.3 is 14.6 Å². The molecule has 2 heterocycles. The summed E-state index contributed by atoms with van der Waals surface area (Å²) in [5.74, 6) is -0.224. The van der Waals surface area contributed by atoms with Crippen LogP contribution < -0.4 is 15.2 Å². The Kier molecular flexibility index (Phi) is 4.98. The number of pyridine rings is 2. The van der Waals surface area contributed by atoms with Crippen molar-refractivity contribution in [2.75, 3.05) is 20.6 Å². The summed E-state index contributed by atoms with van der Waals surface area (Å²) in [6, 6.07) is 5.43. The first-order chi connectivity index (χ1) is 10.4. The Morgan fingerprint density at radius 3 is 2.45 bits per heavy atom. The SMILES string of the molecule is Cc1cc[n+](-c2c(C)cc(=O)n(CCCN(C)C)c2[O-])cc1. The molecule has 118 valence electrons. The summed E-state index contributed by atoms with van der Waals surface area (Å²) in [6.07, 6.45) is 4.48. The van der Waals surface area contributed by atoms with Gasteiger partial charge in [0.25, 0.3) is 5.56 Å². The number of nitrogens with zero attached hydrogens (tertiary/aromatic N) is 3. The van der Waals surface area contributed by atoms with Gasteiger partial charge in [0, 0.05) is 36.2 Å². The molecule has 0 atom stereocenters. The maximum absolute atomic E-state index is 12.7. The highest BCUT2D eigenvalue weighted by Gasteiger charge is 2.15. The fraction of sp³-hybridized carbons (Fsp3) is 0.412. The highest BCUT2D eigenvalue weighted by atomic mass is 16.3. The first-order valence-corrected chi connectivity index (χ1v) is 7.44. The zero-order chi connectivity index (χ0) is 16.3. The summed E-state index contributed by atoms with van der Waals surface area (Å²) in [4.78, 5) is 14.2. The van der Waals surface area contributed by atoms with Gasteiger partial charge >= 0.3 is 0 Å². The molecule has 0 bridgehead atoms. The van der Waals surface area contributed by atoms with Gasteiger partial charge in [-0.1, -0.05) is 0 Å². The van der Waals surface area contributed by atoms with Gasteiger partial charge in [0.15, 0.2) is 12.4 Å². The number of aryl methyl sites for hydroxylation is 2. The van der Waals surface area contributed by atoms with Crippen molar-refractivity contribution < 1.29 is 9.67 Å². The van der Waals surface area contributed by atoms with Crippen molar-refractivity contribution in [3.05, 3.63) is 52.1 Å². The Morgan fingerprint density at radius 2 is 1.86 bits per heavy atom. The predicted octanol–water partition coefficient (Wildman–Crippen LogP) is 0.767. The average molecular weight is 301 g/mol. The molecule has 5 heteroatoms. The summed E-state index contributed by atoms with van der Waals surface area (Å²) in [7, 11) is 3.95. The Balaban J connectivity index is 2.42. The molecule has 0 aliphatic carbocycles. The summed E-state index contributed by atoms with van der Waals surface area (Å²) >= 11 is 0. The molecule has 22 heavy (non-hydrogen) atoms. The smallest absolute Gasteiger partial charge is 0.250 e. The summed E-state index contributed by atoms with van der Waals surface area (Å²) in [6.45, 7) is 5.08. The van der Waals surface area contributed by atoms with Crippen LogP contribution in [-0.4, -0.2) is 30.1 Å². The quantitative estimate of drug-likeness (QED) is 0.767. The van der Waals surface area contributed by atoms with E-state index in [1.807, 2.05) is 50.4 Å². The molecule has 0 saturated carbocycles. The standard InChI is InChI=1S/C17H23N3O2/c1-13-6-10-19(11-7-13)16-14(2)12-15(21)20(17(16)22)9-5-8-18(3)4/h6-7,10-12H,5,8-9H2,1-4H3. The lowest BCUT2D eigenvalue weighted by molar-refractivity contribution is -0.601. The second-order valence-corrected chi connectivity index (χ2v) is 5.91. The van der Waals surface area contributed by atoms with Crippen LogP contribution >= 0.6 is 0 Å². The molecule has 5 nitrogen and oxygen atoms in total. The molecular weight excluding hydrogens is 278 g/mol. The van der Waals surface area contributed by atoms with Gasteiger partial charge in [-0.05, 0) is 46.5 Å². The van der Waals surface area contributed by atoms with Gasteiger partial charge in [0.2, 0.25) is 5.69 Å². The van der Waals surface area contributed by atoms with Crippen molar-refractivity contribution in [1.82, 2.24) is 9.47 Å². The third-order valence-corrected chi connectivity index (χ3v) is 3.67. The zero-order valence-corrected chi connectivity index (χ0v) is 13.7. The van der Waals surface area contributed by atoms with E-state index in [0.29, 0.717) is 17.8 Å². The van der Waals surface area contributed by atoms with Crippen molar-refractivity contribution in [3.8, 4) is 11.6 Å². The molecule has 0 unspecified atom stereocenters. The Hall–Kier alpha value is -2.14. The van der Waals surface area contributed by atoms with Crippen molar-refractivity contribution in [2.24, 2.45) is 0 Å². The number of rotatable bonds is 5. The Bertz CT molecular complexity index is 703. The number of hydrogen-bond acceptors (Lipinski definition) is 3. The molecule has 0 N–H and O–H groups in total. The summed E-state index contributed by atoms with van der Waals surface area (Å²) in [5, 5.41) is 12.7. The minimum absolute atomic E-state index is 0.224. The number of aromatic nitrogens is 2. The first-order valence-electron chi connectivity index (χ1n) is 7.44. The monoisotopic (exact) mass is 301 g/mol. The molecule has 0 aliphatic heterocycles. The van der Waals surface area contributed by atoms with E-state index < -0.39 is 0 Å². The average Bonchev–Trinajstić information content (AvgIpc) is 2.44. The molecular formula is C17H23N3O2. The van der Waals surface area contributed by atoms with E-state index in [1.54, 1.807) is 17.6 Å². The minimum atomic E-state index is -0.224. The summed E-state index contributed by atoms with van der Waals surface area (Å²) in [5.41, 5.74) is 2.15. The van der Waals surface area contributed by atoms with E-state index >= 15 is 0 Å². The molecule has 2 aromatic heterocycles. The minimum Gasteiger partial charge on any atom is -0.855 e. The highest BCUT2D eigenvalue weighted by molar-refractivity contribution is 5.40. The van der Waals surface area contributed by atoms with Crippen molar-refractivity contribution >= 4 is 0 Å². The van der Waals surface area contributed by atoms with Crippen LogP contribution in [0.5, 0.6) is 5.88 Å². The molecule has 0 saturated heterocycles. The van der Waals surface area contributed by atoms with Crippen molar-refractivity contribution in [1.29, 1.82) is 0 Å². The zero-order valence-electron chi connectivity index (χ0n) is 13.7. The fourth-order valence-corrected chi connectivity index (χ4v) is 2.45. The molecule has 0 amide bonds. The van der Waals surface area contributed by atoms with E-state index in [-0.39, 0.29) is 11.4 Å². The van der Waals surface area contributed by atoms with Crippen LogP contribution in [0.3, 0.4) is 0 Å². The van der Waals surface area contributed by atoms with Gasteiger partial charge in [-0.3, -0.25) is 4.79 Å². The second kappa shape index (κ2) is 6.75. The van der Waals surface area contributed by atoms with Gasteiger partial charge in [0.1, 0.15) is 0 Å². The lowest BCUT2D eigenvalue weighted by atomic mass is 10.2. The molecule has 0 fully saturated rings. The van der Waals surface area contributed by atoms with E-state index in [1.165, 1.54) is 4.57 Å². The molecule has 2 rings (SSSR count). The number of hydrogen-bond donors (Lipinski definition) is 0. The maximum atomic E-state index is 12.7. The molecule has 0 spiro atoms. The van der Waals surface area contributed by atoms with Crippen LogP contribution in [0.2, 0.25) is 0 Å². The van der Waals surface area contributed by atoms with Crippen LogP contribution in [0.15, 0.2) is 35.4 Å². The maximum Gasteiger partial charge on any atom is 0.250 e. The molecule has 0 aliphatic rings. The highest BCUT2D eigenvalue weighted by Crippen LogP contribution is 2.16. The normalized spacial score (nSPS) is 11.1. The topological polar surface area (TPSA) is 52.2 Å². The second-order valence-electron chi connectivity index (χ2n) is 5.91. The van der Waals surface area contributed by atoms with E-state index in [2.05, 4.69) is 0 Å². The largest absolute Gasteiger partial charge is 0.855 e.